The van der Waals surface area contributed by atoms with Crippen LogP contribution in [-0.2, 0) is 23.8 Å². The number of ether oxygens (including phenoxy) is 3. The Morgan fingerprint density at radius 3 is 2.15 bits per heavy atom. The molecule has 1 saturated carbocycles. The minimum absolute atomic E-state index is 0.0117. The Morgan fingerprint density at radius 2 is 1.75 bits per heavy atom. The van der Waals surface area contributed by atoms with Gasteiger partial charge in [-0.15, -0.1) is 0 Å². The largest absolute Gasteiger partial charge is 0.465 e. The van der Waals surface area contributed by atoms with E-state index in [1.807, 2.05) is 0 Å². The zero-order valence-electron chi connectivity index (χ0n) is 12.7. The highest BCUT2D eigenvalue weighted by Crippen LogP contribution is 2.43. The summed E-state index contributed by atoms with van der Waals surface area (Å²) in [6.45, 7) is 9.31. The Hall–Kier alpha value is -1.36. The van der Waals surface area contributed by atoms with Gasteiger partial charge in [-0.05, 0) is 12.8 Å². The Labute approximate surface area is 120 Å². The molecule has 1 aliphatic rings. The van der Waals surface area contributed by atoms with E-state index in [0.29, 0.717) is 12.8 Å². The minimum Gasteiger partial charge on any atom is -0.465 e. The average Bonchev–Trinajstić information content (AvgIpc) is 2.38. The lowest BCUT2D eigenvalue weighted by molar-refractivity contribution is -0.155. The molecular weight excluding hydrogens is 260 g/mol. The summed E-state index contributed by atoms with van der Waals surface area (Å²) in [7, 11) is 1.65. The Balaban J connectivity index is 2.87. The maximum absolute atomic E-state index is 11.1. The quantitative estimate of drug-likeness (QED) is 0.571. The van der Waals surface area contributed by atoms with Crippen molar-refractivity contribution in [3.8, 4) is 0 Å². The Kier molecular flexibility index (Phi) is 5.74. The molecule has 0 aromatic rings. The van der Waals surface area contributed by atoms with Crippen LogP contribution in [-0.4, -0.2) is 38.4 Å². The van der Waals surface area contributed by atoms with Gasteiger partial charge in [0.25, 0.3) is 0 Å². The zero-order valence-corrected chi connectivity index (χ0v) is 12.7. The van der Waals surface area contributed by atoms with Gasteiger partial charge in [0, 0.05) is 32.3 Å². The Morgan fingerprint density at radius 1 is 1.25 bits per heavy atom. The number of hydrogen-bond acceptors (Lipinski definition) is 5. The van der Waals surface area contributed by atoms with Crippen LogP contribution in [0.5, 0.6) is 0 Å². The Bertz CT molecular complexity index is 370. The third kappa shape index (κ3) is 4.34. The van der Waals surface area contributed by atoms with Gasteiger partial charge >= 0.3 is 11.9 Å². The molecule has 0 aliphatic heterocycles. The normalized spacial score (nSPS) is 25.1. The van der Waals surface area contributed by atoms with Gasteiger partial charge in [-0.2, -0.15) is 0 Å². The van der Waals surface area contributed by atoms with Crippen LogP contribution in [0.25, 0.3) is 0 Å². The third-order valence-corrected chi connectivity index (χ3v) is 3.90. The number of carbonyl (C=O) groups is 2. The molecule has 5 heteroatoms. The fraction of sp³-hybridized carbons (Fsp3) is 0.733. The molecular formula is C15H24O5. The van der Waals surface area contributed by atoms with Crippen molar-refractivity contribution in [3.05, 3.63) is 12.2 Å². The van der Waals surface area contributed by atoms with E-state index in [1.165, 1.54) is 13.8 Å². The van der Waals surface area contributed by atoms with Crippen molar-refractivity contribution in [2.45, 2.75) is 39.7 Å². The molecule has 5 nitrogen and oxygen atoms in total. The summed E-state index contributed by atoms with van der Waals surface area (Å²) in [6.07, 6.45) is 1.32. The second-order valence-corrected chi connectivity index (χ2v) is 5.66. The summed E-state index contributed by atoms with van der Waals surface area (Å²) in [5.74, 6) is -0.446. The van der Waals surface area contributed by atoms with Crippen LogP contribution >= 0.6 is 0 Å². The first kappa shape index (κ1) is 16.7. The van der Waals surface area contributed by atoms with Crippen molar-refractivity contribution >= 4 is 11.9 Å². The summed E-state index contributed by atoms with van der Waals surface area (Å²) in [5.41, 5.74) is 0.587. The number of rotatable bonds is 5. The van der Waals surface area contributed by atoms with Gasteiger partial charge in [-0.25, -0.2) is 0 Å². The van der Waals surface area contributed by atoms with E-state index < -0.39 is 5.41 Å². The lowest BCUT2D eigenvalue weighted by Crippen LogP contribution is -2.44. The number of methoxy groups -OCH3 is 1. The maximum Gasteiger partial charge on any atom is 0.302 e. The molecule has 0 spiro atoms. The van der Waals surface area contributed by atoms with Gasteiger partial charge in [0.15, 0.2) is 0 Å². The number of esters is 2. The molecule has 114 valence electrons. The van der Waals surface area contributed by atoms with Crippen molar-refractivity contribution in [2.75, 3.05) is 20.3 Å². The van der Waals surface area contributed by atoms with Crippen molar-refractivity contribution in [2.24, 2.45) is 11.3 Å². The smallest absolute Gasteiger partial charge is 0.302 e. The van der Waals surface area contributed by atoms with Crippen molar-refractivity contribution < 1.29 is 23.8 Å². The molecule has 0 amide bonds. The molecule has 1 rings (SSSR count). The molecule has 1 fully saturated rings. The van der Waals surface area contributed by atoms with Crippen LogP contribution in [0.2, 0.25) is 0 Å². The summed E-state index contributed by atoms with van der Waals surface area (Å²) in [5, 5.41) is 0. The predicted molar refractivity (Wildman–Crippen MR) is 74.0 cm³/mol. The first-order valence-electron chi connectivity index (χ1n) is 6.77. The SMILES string of the molecule is C=C1CC(COC(C)=O)(COC(C)=O)C[C@@H](OC)[C@@H]1C. The summed E-state index contributed by atoms with van der Waals surface area (Å²) in [4.78, 5) is 22.2. The van der Waals surface area contributed by atoms with Gasteiger partial charge in [-0.1, -0.05) is 19.1 Å². The van der Waals surface area contributed by atoms with Crippen LogP contribution in [0.3, 0.4) is 0 Å². The molecule has 0 N–H and O–H groups in total. The van der Waals surface area contributed by atoms with E-state index in [2.05, 4.69) is 13.5 Å². The monoisotopic (exact) mass is 284 g/mol. The summed E-state index contributed by atoms with van der Waals surface area (Å²) >= 11 is 0. The summed E-state index contributed by atoms with van der Waals surface area (Å²) in [6, 6.07) is 0. The van der Waals surface area contributed by atoms with Gasteiger partial charge < -0.3 is 14.2 Å². The minimum atomic E-state index is -0.443. The maximum atomic E-state index is 11.1. The van der Waals surface area contributed by atoms with Crippen molar-refractivity contribution in [1.29, 1.82) is 0 Å². The van der Waals surface area contributed by atoms with Gasteiger partial charge in [0.05, 0.1) is 6.10 Å². The molecule has 0 saturated heterocycles. The molecule has 0 aromatic heterocycles. The van der Waals surface area contributed by atoms with E-state index in [4.69, 9.17) is 14.2 Å². The summed E-state index contributed by atoms with van der Waals surface area (Å²) < 4.78 is 15.8. The molecule has 0 aromatic carbocycles. The van der Waals surface area contributed by atoms with Gasteiger partial charge in [0.1, 0.15) is 13.2 Å². The third-order valence-electron chi connectivity index (χ3n) is 3.90. The van der Waals surface area contributed by atoms with Crippen LogP contribution in [0, 0.1) is 11.3 Å². The van der Waals surface area contributed by atoms with Crippen LogP contribution in [0.4, 0.5) is 0 Å². The zero-order chi connectivity index (χ0) is 15.3. The lowest BCUT2D eigenvalue weighted by Gasteiger charge is -2.43. The van der Waals surface area contributed by atoms with Crippen molar-refractivity contribution in [3.63, 3.8) is 0 Å². The molecule has 0 unspecified atom stereocenters. The van der Waals surface area contributed by atoms with E-state index in [0.717, 1.165) is 5.57 Å². The standard InChI is InChI=1S/C15H24O5/c1-10-6-15(8-19-12(3)16,9-20-13(4)17)7-14(18-5)11(10)2/h11,14H,1,6-9H2,2-5H3/t11-,14-/m1/s1. The van der Waals surface area contributed by atoms with Crippen LogP contribution < -0.4 is 0 Å². The van der Waals surface area contributed by atoms with Crippen LogP contribution in [0.1, 0.15) is 33.6 Å². The average molecular weight is 284 g/mol. The second-order valence-electron chi connectivity index (χ2n) is 5.66. The van der Waals surface area contributed by atoms with Gasteiger partial charge in [-0.3, -0.25) is 9.59 Å². The fourth-order valence-corrected chi connectivity index (χ4v) is 2.64. The molecule has 0 bridgehead atoms. The first-order valence-corrected chi connectivity index (χ1v) is 6.77. The van der Waals surface area contributed by atoms with E-state index in [1.54, 1.807) is 7.11 Å². The second kappa shape index (κ2) is 6.88. The number of carbonyl (C=O) groups excluding carboxylic acids is 2. The van der Waals surface area contributed by atoms with E-state index in [9.17, 15) is 9.59 Å². The fourth-order valence-electron chi connectivity index (χ4n) is 2.64. The van der Waals surface area contributed by atoms with Gasteiger partial charge in [0.2, 0.25) is 0 Å². The highest BCUT2D eigenvalue weighted by Gasteiger charge is 2.43. The van der Waals surface area contributed by atoms with E-state index in [-0.39, 0.29) is 37.2 Å². The first-order chi connectivity index (χ1) is 9.29. The predicted octanol–water partition coefficient (Wildman–Crippen LogP) is 2.10. The topological polar surface area (TPSA) is 61.8 Å². The highest BCUT2D eigenvalue weighted by atomic mass is 16.5. The van der Waals surface area contributed by atoms with Crippen molar-refractivity contribution in [1.82, 2.24) is 0 Å². The molecule has 20 heavy (non-hydrogen) atoms. The van der Waals surface area contributed by atoms with Crippen LogP contribution in [0.15, 0.2) is 12.2 Å². The lowest BCUT2D eigenvalue weighted by atomic mass is 9.68. The molecule has 2 atom stereocenters. The molecule has 1 aliphatic carbocycles. The molecule has 0 radical (unpaired) electrons. The highest BCUT2D eigenvalue weighted by molar-refractivity contribution is 5.66. The number of hydrogen-bond donors (Lipinski definition) is 0. The van der Waals surface area contributed by atoms with E-state index >= 15 is 0 Å². The molecule has 0 heterocycles.